The smallest absolute Gasteiger partial charge is 0.143 e. The lowest BCUT2D eigenvalue weighted by Crippen LogP contribution is -2.04. The van der Waals surface area contributed by atoms with E-state index in [2.05, 4.69) is 0 Å². The molecular weight excluding hydrogens is 144 g/mol. The Labute approximate surface area is 54.3 Å². The summed E-state index contributed by atoms with van der Waals surface area (Å²) in [7, 11) is 4.05. The molecule has 0 atom stereocenters. The zero-order chi connectivity index (χ0) is 6.62. The molecule has 3 nitrogen and oxygen atoms in total. The number of hydrogen-bond donors (Lipinski definition) is 0. The van der Waals surface area contributed by atoms with Gasteiger partial charge < -0.3 is 12.5 Å². The van der Waals surface area contributed by atoms with Crippen LogP contribution in [0.5, 0.6) is 0 Å². The maximum Gasteiger partial charge on any atom is 0.143 e. The minimum absolute atomic E-state index is 0.787. The highest BCUT2D eigenvalue weighted by Crippen LogP contribution is 2.43. The van der Waals surface area contributed by atoms with Crippen LogP contribution in [0.2, 0.25) is 0 Å². The molecule has 0 unspecified atom stereocenters. The summed E-state index contributed by atoms with van der Waals surface area (Å²) in [4.78, 5) is 0. The summed E-state index contributed by atoms with van der Waals surface area (Å²) in [5.41, 5.74) is 0. The lowest BCUT2D eigenvalue weighted by molar-refractivity contribution is 0.264. The Bertz CT molecular complexity index is 57.3. The lowest BCUT2D eigenvalue weighted by atomic mass is 11.8. The van der Waals surface area contributed by atoms with Crippen LogP contribution in [0.15, 0.2) is 0 Å². The second-order valence-electron chi connectivity index (χ2n) is 1.20. The van der Waals surface area contributed by atoms with Crippen molar-refractivity contribution >= 4 is 19.7 Å². The number of rotatable bonds is 3. The van der Waals surface area contributed by atoms with Crippen molar-refractivity contribution < 1.29 is 12.5 Å². The monoisotopic (exact) mass is 156 g/mol. The van der Waals surface area contributed by atoms with E-state index in [-0.39, 0.29) is 0 Å². The van der Waals surface area contributed by atoms with Gasteiger partial charge in [-0.05, 0) is 0 Å². The second kappa shape index (κ2) is 3.47. The molecule has 5 heteroatoms. The van der Waals surface area contributed by atoms with Crippen LogP contribution in [0.4, 0.5) is 0 Å². The molecule has 0 spiro atoms. The van der Waals surface area contributed by atoms with Crippen LogP contribution in [-0.4, -0.2) is 30.7 Å². The predicted octanol–water partition coefficient (Wildman–Crippen LogP) is -0.244. The van der Waals surface area contributed by atoms with Crippen LogP contribution in [0.25, 0.3) is 0 Å². The van der Waals surface area contributed by atoms with Crippen LogP contribution in [0.3, 0.4) is 0 Å². The van der Waals surface area contributed by atoms with Gasteiger partial charge in [-0.1, -0.05) is 0 Å². The molecule has 0 radical (unpaired) electrons. The molecule has 8 heavy (non-hydrogen) atoms. The van der Waals surface area contributed by atoms with E-state index in [4.69, 9.17) is 12.5 Å². The summed E-state index contributed by atoms with van der Waals surface area (Å²) in [5.74, 6) is 0. The van der Waals surface area contributed by atoms with Gasteiger partial charge in [-0.15, -0.1) is 0 Å². The van der Waals surface area contributed by atoms with Gasteiger partial charge in [-0.2, -0.15) is 0 Å². The molecule has 0 fully saturated rings. The van der Waals surface area contributed by atoms with Crippen molar-refractivity contribution in [3.8, 4) is 0 Å². The van der Waals surface area contributed by atoms with E-state index in [9.17, 15) is 0 Å². The lowest BCUT2D eigenvalue weighted by Gasteiger charge is -2.29. The molecule has 0 aromatic carbocycles. The molecule has 0 aliphatic heterocycles. The molecule has 0 heterocycles. The van der Waals surface area contributed by atoms with Crippen molar-refractivity contribution in [2.45, 2.75) is 0 Å². The minimum atomic E-state index is -1.51. The van der Waals surface area contributed by atoms with Crippen molar-refractivity contribution in [2.24, 2.45) is 0 Å². The fraction of sp³-hybridized carbons (Fsp3) is 1.00. The third-order valence-corrected chi connectivity index (χ3v) is 5.72. The third kappa shape index (κ3) is 2.14. The molecule has 0 saturated carbocycles. The largest absolute Gasteiger partial charge is 0.302 e. The number of hydrogen-bond acceptors (Lipinski definition) is 3. The topological polar surface area (TPSA) is 27.7 Å². The van der Waals surface area contributed by atoms with Gasteiger partial charge >= 0.3 is 0 Å². The zero-order valence-corrected chi connectivity index (χ0v) is 8.45. The Morgan fingerprint density at radius 2 is 1.25 bits per heavy atom. The first kappa shape index (κ1) is 8.45. The van der Waals surface area contributed by atoms with Gasteiger partial charge in [0.25, 0.3) is 0 Å². The van der Waals surface area contributed by atoms with Crippen molar-refractivity contribution in [2.75, 3.05) is 21.3 Å². The van der Waals surface area contributed by atoms with Gasteiger partial charge in [0.2, 0.25) is 0 Å². The van der Waals surface area contributed by atoms with E-state index >= 15 is 0 Å². The normalized spacial score (nSPS) is 14.4. The average molecular weight is 156 g/mol. The van der Waals surface area contributed by atoms with Crippen molar-refractivity contribution in [3.63, 3.8) is 0 Å². The highest BCUT2D eigenvalue weighted by Gasteiger charge is 2.11. The first-order valence-corrected chi connectivity index (χ1v) is 6.40. The van der Waals surface area contributed by atoms with E-state index in [0.717, 1.165) is 9.39 Å². The predicted molar refractivity (Wildman–Crippen MR) is 38.6 cm³/mol. The van der Waals surface area contributed by atoms with E-state index in [1.165, 1.54) is 0 Å². The summed E-state index contributed by atoms with van der Waals surface area (Å²) in [6.07, 6.45) is 0. The summed E-state index contributed by atoms with van der Waals surface area (Å²) in [5, 5.41) is 0. The quantitative estimate of drug-likeness (QED) is 0.528. The van der Waals surface area contributed by atoms with Crippen LogP contribution in [0, 0.1) is 0 Å². The first-order valence-electron chi connectivity index (χ1n) is 2.13. The molecule has 0 aromatic rings. The van der Waals surface area contributed by atoms with Crippen LogP contribution in [0.1, 0.15) is 0 Å². The maximum absolute atomic E-state index is 4.94. The Kier molecular flexibility index (Phi) is 3.66. The molecule has 52 valence electrons. The third-order valence-electron chi connectivity index (χ3n) is 0.908. The molecule has 0 amide bonds. The van der Waals surface area contributed by atoms with Crippen LogP contribution in [-0.2, 0) is 12.5 Å². The van der Waals surface area contributed by atoms with E-state index in [1.807, 2.05) is 0 Å². The van der Waals surface area contributed by atoms with Crippen LogP contribution < -0.4 is 0 Å². The van der Waals surface area contributed by atoms with Gasteiger partial charge in [0, 0.05) is 10.3 Å². The van der Waals surface area contributed by atoms with E-state index < -0.39 is 10.3 Å². The summed E-state index contributed by atoms with van der Waals surface area (Å²) in [6, 6.07) is 0. The first-order chi connectivity index (χ1) is 3.68. The highest BCUT2D eigenvalue weighted by atomic mass is 32.5. The Hall–Kier alpha value is 0.447. The van der Waals surface area contributed by atoms with Gasteiger partial charge in [0.05, 0.1) is 21.3 Å². The Morgan fingerprint density at radius 1 is 1.00 bits per heavy atom. The minimum Gasteiger partial charge on any atom is -0.302 e. The highest BCUT2D eigenvalue weighted by molar-refractivity contribution is 8.39. The zero-order valence-electron chi connectivity index (χ0n) is 5.63. The van der Waals surface area contributed by atoms with Gasteiger partial charge in [-0.25, -0.2) is 0 Å². The average Bonchev–Trinajstić information content (AvgIpc) is 1.87. The van der Waals surface area contributed by atoms with E-state index in [0.29, 0.717) is 0 Å². The molecular formula is C3H12O3SSi. The molecule has 0 N–H and O–H groups in total. The summed E-state index contributed by atoms with van der Waals surface area (Å²) in [6.45, 7) is 0. The fourth-order valence-corrected chi connectivity index (χ4v) is 0.612. The summed E-state index contributed by atoms with van der Waals surface area (Å²) < 4.78 is 14.8. The molecule has 0 bridgehead atoms. The fourth-order valence-electron chi connectivity index (χ4n) is 0.204. The van der Waals surface area contributed by atoms with Gasteiger partial charge in [0.15, 0.2) is 0 Å². The molecule has 0 rings (SSSR count). The second-order valence-corrected chi connectivity index (χ2v) is 6.61. The molecule has 0 aromatic heterocycles. The Morgan fingerprint density at radius 3 is 1.25 bits per heavy atom. The van der Waals surface area contributed by atoms with Crippen molar-refractivity contribution in [1.29, 1.82) is 0 Å². The SMILES string of the molecule is COS([SiH3])(OC)OC. The standard InChI is InChI=1S/C3H12O3SSi/c1-4-7(8,5-2)6-3/h1-3,8H3. The summed E-state index contributed by atoms with van der Waals surface area (Å²) >= 11 is 0. The van der Waals surface area contributed by atoms with Crippen molar-refractivity contribution in [1.82, 2.24) is 0 Å². The Balaban J connectivity index is 3.58. The molecule has 0 saturated heterocycles. The van der Waals surface area contributed by atoms with Gasteiger partial charge in [0.1, 0.15) is 9.39 Å². The maximum atomic E-state index is 4.94. The van der Waals surface area contributed by atoms with E-state index in [1.54, 1.807) is 21.3 Å². The molecule has 0 aliphatic rings. The van der Waals surface area contributed by atoms with Crippen LogP contribution >= 0.6 is 10.3 Å². The van der Waals surface area contributed by atoms with Gasteiger partial charge in [-0.3, -0.25) is 0 Å². The van der Waals surface area contributed by atoms with Crippen molar-refractivity contribution in [3.05, 3.63) is 0 Å². The molecule has 0 aliphatic carbocycles.